The Bertz CT molecular complexity index is 158. The lowest BCUT2D eigenvalue weighted by Gasteiger charge is -2.43. The second-order valence-corrected chi connectivity index (χ2v) is 4.75. The molecule has 2 aliphatic rings. The molecule has 0 aromatic carbocycles. The van der Waals surface area contributed by atoms with Crippen molar-refractivity contribution in [1.82, 2.24) is 0 Å². The first-order valence-corrected chi connectivity index (χ1v) is 5.44. The highest BCUT2D eigenvalue weighted by Gasteiger charge is 2.36. The zero-order valence-corrected chi connectivity index (χ0v) is 8.18. The van der Waals surface area contributed by atoms with Crippen molar-refractivity contribution in [3.63, 3.8) is 0 Å². The van der Waals surface area contributed by atoms with Crippen molar-refractivity contribution in [2.24, 2.45) is 17.8 Å². The van der Waals surface area contributed by atoms with Gasteiger partial charge in [0, 0.05) is 0 Å². The van der Waals surface area contributed by atoms with E-state index in [1.165, 1.54) is 44.1 Å². The van der Waals surface area contributed by atoms with Crippen molar-refractivity contribution in [2.45, 2.75) is 45.4 Å². The highest BCUT2D eigenvalue weighted by molar-refractivity contribution is 5.05. The van der Waals surface area contributed by atoms with Crippen molar-refractivity contribution in [1.29, 1.82) is 0 Å². The molecule has 0 heteroatoms. The summed E-state index contributed by atoms with van der Waals surface area (Å²) in [6, 6.07) is 0. The van der Waals surface area contributed by atoms with Crippen LogP contribution >= 0.6 is 0 Å². The Hall–Kier alpha value is -0.260. The lowest BCUT2D eigenvalue weighted by Crippen LogP contribution is -2.32. The minimum absolute atomic E-state index is 0.896. The summed E-state index contributed by atoms with van der Waals surface area (Å²) in [4.78, 5) is 0. The largest absolute Gasteiger partial charge is 0.0998 e. The number of hydrogen-bond donors (Lipinski definition) is 0. The number of fused-ring (bicyclic) bond motifs is 2. The van der Waals surface area contributed by atoms with Crippen molar-refractivity contribution in [3.05, 3.63) is 12.2 Å². The van der Waals surface area contributed by atoms with Gasteiger partial charge in [-0.3, -0.25) is 0 Å². The van der Waals surface area contributed by atoms with Gasteiger partial charge in [0.05, 0.1) is 0 Å². The lowest BCUT2D eigenvalue weighted by molar-refractivity contribution is 0.120. The summed E-state index contributed by atoms with van der Waals surface area (Å²) in [5, 5.41) is 0. The molecule has 0 unspecified atom stereocenters. The van der Waals surface area contributed by atoms with Gasteiger partial charge in [-0.15, -0.1) is 0 Å². The standard InChI is InChI=1S/C12H20/c1-9(2)12-10-5-3-6-11(12)8-4-7-10/h10-12H,1,3-8H2,2H3. The van der Waals surface area contributed by atoms with Crippen LogP contribution < -0.4 is 0 Å². The van der Waals surface area contributed by atoms with Gasteiger partial charge in [0.25, 0.3) is 0 Å². The molecule has 12 heavy (non-hydrogen) atoms. The molecule has 0 saturated heterocycles. The van der Waals surface area contributed by atoms with Gasteiger partial charge in [-0.25, -0.2) is 0 Å². The molecule has 0 N–H and O–H groups in total. The Labute approximate surface area is 76.1 Å². The van der Waals surface area contributed by atoms with Crippen molar-refractivity contribution in [3.8, 4) is 0 Å². The molecular weight excluding hydrogens is 144 g/mol. The zero-order chi connectivity index (χ0) is 8.55. The van der Waals surface area contributed by atoms with E-state index in [0.29, 0.717) is 0 Å². The molecule has 0 aromatic heterocycles. The van der Waals surface area contributed by atoms with Gasteiger partial charge in [-0.1, -0.05) is 25.0 Å². The van der Waals surface area contributed by atoms with E-state index in [1.54, 1.807) is 0 Å². The molecule has 0 spiro atoms. The first-order chi connectivity index (χ1) is 5.79. The molecular formula is C12H20. The van der Waals surface area contributed by atoms with Gasteiger partial charge in [0.15, 0.2) is 0 Å². The van der Waals surface area contributed by atoms with Crippen LogP contribution in [0.15, 0.2) is 12.2 Å². The van der Waals surface area contributed by atoms with Crippen LogP contribution in [0.1, 0.15) is 45.4 Å². The maximum absolute atomic E-state index is 4.16. The van der Waals surface area contributed by atoms with E-state index in [4.69, 9.17) is 0 Å². The van der Waals surface area contributed by atoms with Crippen LogP contribution in [0.4, 0.5) is 0 Å². The van der Waals surface area contributed by atoms with Gasteiger partial charge in [0.2, 0.25) is 0 Å². The Kier molecular flexibility index (Phi) is 2.25. The SMILES string of the molecule is C=C(C)C1C2CCCC1CCC2. The monoisotopic (exact) mass is 164 g/mol. The van der Waals surface area contributed by atoms with Crippen LogP contribution in [0, 0.1) is 17.8 Å². The Morgan fingerprint density at radius 3 is 1.67 bits per heavy atom. The zero-order valence-electron chi connectivity index (χ0n) is 8.18. The highest BCUT2D eigenvalue weighted by atomic mass is 14.4. The van der Waals surface area contributed by atoms with E-state index in [9.17, 15) is 0 Å². The molecule has 0 heterocycles. The third kappa shape index (κ3) is 1.32. The van der Waals surface area contributed by atoms with Crippen LogP contribution in [0.2, 0.25) is 0 Å². The quantitative estimate of drug-likeness (QED) is 0.517. The first kappa shape index (κ1) is 8.34. The fourth-order valence-corrected chi connectivity index (χ4v) is 3.48. The van der Waals surface area contributed by atoms with E-state index in [-0.39, 0.29) is 0 Å². The summed E-state index contributed by atoms with van der Waals surface area (Å²) in [6.45, 7) is 6.40. The maximum Gasteiger partial charge on any atom is -0.0152 e. The highest BCUT2D eigenvalue weighted by Crippen LogP contribution is 2.47. The molecule has 0 amide bonds. The molecule has 2 fully saturated rings. The van der Waals surface area contributed by atoms with Gasteiger partial charge < -0.3 is 0 Å². The van der Waals surface area contributed by atoms with E-state index < -0.39 is 0 Å². The minimum Gasteiger partial charge on any atom is -0.0998 e. The fraction of sp³-hybridized carbons (Fsp3) is 0.833. The lowest BCUT2D eigenvalue weighted by atomic mass is 9.62. The predicted octanol–water partition coefficient (Wildman–Crippen LogP) is 3.78. The van der Waals surface area contributed by atoms with Crippen molar-refractivity contribution >= 4 is 0 Å². The van der Waals surface area contributed by atoms with E-state index in [2.05, 4.69) is 13.5 Å². The Balaban J connectivity index is 2.13. The van der Waals surface area contributed by atoms with Crippen molar-refractivity contribution < 1.29 is 0 Å². The molecule has 0 aliphatic heterocycles. The van der Waals surface area contributed by atoms with Gasteiger partial charge in [-0.05, 0) is 50.4 Å². The number of hydrogen-bond acceptors (Lipinski definition) is 0. The van der Waals surface area contributed by atoms with Crippen molar-refractivity contribution in [2.75, 3.05) is 0 Å². The Morgan fingerprint density at radius 1 is 1.00 bits per heavy atom. The molecule has 0 radical (unpaired) electrons. The fourth-order valence-electron chi connectivity index (χ4n) is 3.48. The summed E-state index contributed by atoms with van der Waals surface area (Å²) in [6.07, 6.45) is 8.89. The molecule has 2 saturated carbocycles. The van der Waals surface area contributed by atoms with Crippen LogP contribution in [-0.4, -0.2) is 0 Å². The molecule has 68 valence electrons. The molecule has 0 nitrogen and oxygen atoms in total. The summed E-state index contributed by atoms with van der Waals surface area (Å²) >= 11 is 0. The summed E-state index contributed by atoms with van der Waals surface area (Å²) in [5.41, 5.74) is 1.46. The maximum atomic E-state index is 4.16. The third-order valence-corrected chi connectivity index (χ3v) is 3.88. The topological polar surface area (TPSA) is 0 Å². The molecule has 2 rings (SSSR count). The average molecular weight is 164 g/mol. The summed E-state index contributed by atoms with van der Waals surface area (Å²) in [5.74, 6) is 2.91. The second-order valence-electron chi connectivity index (χ2n) is 4.75. The van der Waals surface area contributed by atoms with Gasteiger partial charge in [-0.2, -0.15) is 0 Å². The van der Waals surface area contributed by atoms with Crippen LogP contribution in [0.5, 0.6) is 0 Å². The van der Waals surface area contributed by atoms with Gasteiger partial charge >= 0.3 is 0 Å². The van der Waals surface area contributed by atoms with Crippen LogP contribution in [0.3, 0.4) is 0 Å². The number of allylic oxidation sites excluding steroid dienone is 1. The van der Waals surface area contributed by atoms with E-state index >= 15 is 0 Å². The van der Waals surface area contributed by atoms with Gasteiger partial charge in [0.1, 0.15) is 0 Å². The molecule has 0 aromatic rings. The molecule has 0 atom stereocenters. The number of rotatable bonds is 1. The van der Waals surface area contributed by atoms with Crippen LogP contribution in [-0.2, 0) is 0 Å². The normalized spacial score (nSPS) is 40.9. The molecule has 2 bridgehead atoms. The minimum atomic E-state index is 0.896. The first-order valence-electron chi connectivity index (χ1n) is 5.44. The smallest absolute Gasteiger partial charge is 0.0152 e. The third-order valence-electron chi connectivity index (χ3n) is 3.88. The average Bonchev–Trinajstić information content (AvgIpc) is 2.02. The Morgan fingerprint density at radius 2 is 1.42 bits per heavy atom. The summed E-state index contributed by atoms with van der Waals surface area (Å²) in [7, 11) is 0. The second kappa shape index (κ2) is 3.24. The van der Waals surface area contributed by atoms with E-state index in [1.807, 2.05) is 0 Å². The molecule has 2 aliphatic carbocycles. The van der Waals surface area contributed by atoms with Crippen LogP contribution in [0.25, 0.3) is 0 Å². The van der Waals surface area contributed by atoms with E-state index in [0.717, 1.165) is 17.8 Å². The summed E-state index contributed by atoms with van der Waals surface area (Å²) < 4.78 is 0. The predicted molar refractivity (Wildman–Crippen MR) is 53.0 cm³/mol.